The minimum Gasteiger partial charge on any atom is -0.339 e. The Balaban J connectivity index is 1.61. The van der Waals surface area contributed by atoms with Crippen LogP contribution in [0.4, 0.5) is 0 Å². The summed E-state index contributed by atoms with van der Waals surface area (Å²) >= 11 is 5.12. The number of carbonyl (C=O) groups is 2. The van der Waals surface area contributed by atoms with Gasteiger partial charge in [0.15, 0.2) is 0 Å². The summed E-state index contributed by atoms with van der Waals surface area (Å²) < 4.78 is 4.27. The minimum absolute atomic E-state index is 0.0405. The van der Waals surface area contributed by atoms with E-state index in [1.54, 1.807) is 23.2 Å². The van der Waals surface area contributed by atoms with Crippen LogP contribution in [0.15, 0.2) is 46.3 Å². The third kappa shape index (κ3) is 3.66. The summed E-state index contributed by atoms with van der Waals surface area (Å²) in [4.78, 5) is 28.4. The van der Waals surface area contributed by atoms with Crippen molar-refractivity contribution >= 4 is 49.3 Å². The Labute approximate surface area is 170 Å². The van der Waals surface area contributed by atoms with Crippen molar-refractivity contribution in [2.45, 2.75) is 13.5 Å². The molecule has 1 aliphatic heterocycles. The van der Waals surface area contributed by atoms with Gasteiger partial charge in [0.2, 0.25) is 5.91 Å². The molecule has 2 aromatic heterocycles. The molecular formula is C20H20BrN3O2S. The first-order valence-electron chi connectivity index (χ1n) is 8.89. The van der Waals surface area contributed by atoms with Gasteiger partial charge in [0, 0.05) is 44.1 Å². The van der Waals surface area contributed by atoms with Crippen molar-refractivity contribution in [1.82, 2.24) is 14.4 Å². The number of hydrogen-bond acceptors (Lipinski definition) is 3. The Bertz CT molecular complexity index is 984. The van der Waals surface area contributed by atoms with Crippen LogP contribution in [-0.2, 0) is 11.3 Å². The van der Waals surface area contributed by atoms with Crippen LogP contribution in [0, 0.1) is 0 Å². The molecule has 0 spiro atoms. The van der Waals surface area contributed by atoms with Crippen LogP contribution in [0.2, 0.25) is 0 Å². The molecule has 0 aliphatic carbocycles. The second-order valence-electron chi connectivity index (χ2n) is 6.71. The number of amides is 2. The lowest BCUT2D eigenvalue weighted by atomic mass is 10.2. The Morgan fingerprint density at radius 3 is 2.37 bits per heavy atom. The van der Waals surface area contributed by atoms with Gasteiger partial charge in [0.05, 0.1) is 10.2 Å². The molecule has 0 unspecified atom stereocenters. The number of thiophene rings is 1. The van der Waals surface area contributed by atoms with Gasteiger partial charge in [-0.25, -0.2) is 0 Å². The zero-order chi connectivity index (χ0) is 19.0. The molecule has 0 N–H and O–H groups in total. The second kappa shape index (κ2) is 7.48. The van der Waals surface area contributed by atoms with Gasteiger partial charge in [-0.3, -0.25) is 9.59 Å². The predicted octanol–water partition coefficient (Wildman–Crippen LogP) is 3.82. The van der Waals surface area contributed by atoms with Gasteiger partial charge in [-0.05, 0) is 35.2 Å². The van der Waals surface area contributed by atoms with Crippen molar-refractivity contribution in [1.29, 1.82) is 0 Å². The first kappa shape index (κ1) is 18.3. The smallest absolute Gasteiger partial charge is 0.270 e. The average Bonchev–Trinajstić information content (AvgIpc) is 3.25. The number of hydrogen-bond donors (Lipinski definition) is 0. The Hall–Kier alpha value is -2.12. The van der Waals surface area contributed by atoms with E-state index in [0.717, 1.165) is 25.9 Å². The first-order valence-corrected chi connectivity index (χ1v) is 10.6. The maximum atomic E-state index is 13.2. The summed E-state index contributed by atoms with van der Waals surface area (Å²) in [5.41, 5.74) is 2.96. The zero-order valence-electron chi connectivity index (χ0n) is 15.0. The van der Waals surface area contributed by atoms with Gasteiger partial charge in [-0.1, -0.05) is 28.1 Å². The number of rotatable bonds is 3. The standard InChI is InChI=1S/C20H20BrN3O2S/c1-14(25)22-7-9-23(10-8-22)20(26)18-12-19-17(6-11-27-19)24(18)13-15-2-4-16(21)5-3-15/h2-6,11-12H,7-10,13H2,1H3. The molecule has 0 radical (unpaired) electrons. The van der Waals surface area contributed by atoms with Gasteiger partial charge in [-0.15, -0.1) is 11.3 Å². The van der Waals surface area contributed by atoms with Gasteiger partial charge in [0.1, 0.15) is 5.69 Å². The van der Waals surface area contributed by atoms with Crippen LogP contribution < -0.4 is 0 Å². The molecule has 2 amide bonds. The maximum Gasteiger partial charge on any atom is 0.270 e. The van der Waals surface area contributed by atoms with Crippen molar-refractivity contribution in [3.8, 4) is 0 Å². The molecule has 7 heteroatoms. The van der Waals surface area contributed by atoms with Gasteiger partial charge in [-0.2, -0.15) is 0 Å². The molecule has 140 valence electrons. The highest BCUT2D eigenvalue weighted by atomic mass is 79.9. The number of halogens is 1. The zero-order valence-corrected chi connectivity index (χ0v) is 17.4. The molecule has 1 saturated heterocycles. The van der Waals surface area contributed by atoms with Crippen LogP contribution in [0.1, 0.15) is 23.0 Å². The highest BCUT2D eigenvalue weighted by Gasteiger charge is 2.26. The van der Waals surface area contributed by atoms with Crippen molar-refractivity contribution < 1.29 is 9.59 Å². The summed E-state index contributed by atoms with van der Waals surface area (Å²) in [6.07, 6.45) is 0. The summed E-state index contributed by atoms with van der Waals surface area (Å²) in [5.74, 6) is 0.111. The lowest BCUT2D eigenvalue weighted by Crippen LogP contribution is -2.50. The van der Waals surface area contributed by atoms with E-state index in [2.05, 4.69) is 44.1 Å². The highest BCUT2D eigenvalue weighted by molar-refractivity contribution is 9.10. The molecule has 1 aliphatic rings. The summed E-state index contributed by atoms with van der Waals surface area (Å²) in [6.45, 7) is 4.59. The van der Waals surface area contributed by atoms with E-state index in [9.17, 15) is 9.59 Å². The summed E-state index contributed by atoms with van der Waals surface area (Å²) in [7, 11) is 0. The lowest BCUT2D eigenvalue weighted by Gasteiger charge is -2.34. The van der Waals surface area contributed by atoms with Crippen molar-refractivity contribution in [2.75, 3.05) is 26.2 Å². The third-order valence-electron chi connectivity index (χ3n) is 5.01. The molecule has 0 atom stereocenters. The fourth-order valence-electron chi connectivity index (χ4n) is 3.48. The third-order valence-corrected chi connectivity index (χ3v) is 6.39. The van der Waals surface area contributed by atoms with Gasteiger partial charge < -0.3 is 14.4 Å². The number of aromatic nitrogens is 1. The predicted molar refractivity (Wildman–Crippen MR) is 111 cm³/mol. The quantitative estimate of drug-likeness (QED) is 0.614. The van der Waals surface area contributed by atoms with Gasteiger partial charge >= 0.3 is 0 Å². The van der Waals surface area contributed by atoms with E-state index in [-0.39, 0.29) is 11.8 Å². The number of nitrogens with zero attached hydrogens (tertiary/aromatic N) is 3. The fraction of sp³-hybridized carbons (Fsp3) is 0.300. The first-order chi connectivity index (χ1) is 13.0. The van der Waals surface area contributed by atoms with Crippen molar-refractivity contribution in [2.24, 2.45) is 0 Å². The summed E-state index contributed by atoms with van der Waals surface area (Å²) in [6, 6.07) is 12.3. The van der Waals surface area contributed by atoms with E-state index in [1.165, 1.54) is 0 Å². The SMILES string of the molecule is CC(=O)N1CCN(C(=O)c2cc3sccc3n2Cc2ccc(Br)cc2)CC1. The van der Waals surface area contributed by atoms with E-state index in [4.69, 9.17) is 0 Å². The van der Waals surface area contributed by atoms with E-state index < -0.39 is 0 Å². The number of piperazine rings is 1. The Kier molecular flexibility index (Phi) is 5.06. The largest absolute Gasteiger partial charge is 0.339 e. The fourth-order valence-corrected chi connectivity index (χ4v) is 4.57. The van der Waals surface area contributed by atoms with Crippen LogP contribution in [-0.4, -0.2) is 52.4 Å². The molecule has 4 rings (SSSR count). The number of carbonyl (C=O) groups excluding carboxylic acids is 2. The molecule has 1 aromatic carbocycles. The monoisotopic (exact) mass is 445 g/mol. The molecule has 1 fully saturated rings. The van der Waals surface area contributed by atoms with Crippen LogP contribution in [0.3, 0.4) is 0 Å². The van der Waals surface area contributed by atoms with E-state index in [0.29, 0.717) is 32.7 Å². The average molecular weight is 446 g/mol. The Morgan fingerprint density at radius 1 is 1.04 bits per heavy atom. The maximum absolute atomic E-state index is 13.2. The second-order valence-corrected chi connectivity index (χ2v) is 8.57. The summed E-state index contributed by atoms with van der Waals surface area (Å²) in [5, 5.41) is 2.06. The molecule has 0 saturated carbocycles. The number of fused-ring (bicyclic) bond motifs is 1. The van der Waals surface area contributed by atoms with E-state index in [1.807, 2.05) is 23.1 Å². The molecule has 3 heterocycles. The van der Waals surface area contributed by atoms with Crippen molar-refractivity contribution in [3.05, 3.63) is 57.5 Å². The van der Waals surface area contributed by atoms with Crippen molar-refractivity contribution in [3.63, 3.8) is 0 Å². The molecular weight excluding hydrogens is 426 g/mol. The van der Waals surface area contributed by atoms with Crippen LogP contribution in [0.25, 0.3) is 10.2 Å². The lowest BCUT2D eigenvalue weighted by molar-refractivity contribution is -0.130. The molecule has 3 aromatic rings. The van der Waals surface area contributed by atoms with Crippen LogP contribution in [0.5, 0.6) is 0 Å². The number of benzene rings is 1. The minimum atomic E-state index is 0.0405. The van der Waals surface area contributed by atoms with Gasteiger partial charge in [0.25, 0.3) is 5.91 Å². The Morgan fingerprint density at radius 2 is 1.70 bits per heavy atom. The normalized spacial score (nSPS) is 14.7. The molecule has 5 nitrogen and oxygen atoms in total. The molecule has 0 bridgehead atoms. The highest BCUT2D eigenvalue weighted by Crippen LogP contribution is 2.27. The van der Waals surface area contributed by atoms with E-state index >= 15 is 0 Å². The molecule has 27 heavy (non-hydrogen) atoms. The van der Waals surface area contributed by atoms with Crippen LogP contribution >= 0.6 is 27.3 Å². The topological polar surface area (TPSA) is 45.6 Å².